The Morgan fingerprint density at radius 3 is 2.56 bits per heavy atom. The molecule has 3 heterocycles. The number of thiophene rings is 1. The molecule has 1 aliphatic heterocycles. The molecule has 1 aliphatic carbocycles. The van der Waals surface area contributed by atoms with Gasteiger partial charge in [-0.05, 0) is 89.4 Å². The average Bonchev–Trinajstić information content (AvgIpc) is 3.37. The lowest BCUT2D eigenvalue weighted by Gasteiger charge is -2.22. The van der Waals surface area contributed by atoms with E-state index in [0.717, 1.165) is 54.9 Å². The van der Waals surface area contributed by atoms with Crippen molar-refractivity contribution >= 4 is 27.2 Å². The van der Waals surface area contributed by atoms with E-state index in [2.05, 4.69) is 41.0 Å². The van der Waals surface area contributed by atoms with Crippen LogP contribution in [0.5, 0.6) is 0 Å². The molecular weight excluding hydrogens is 420 g/mol. The van der Waals surface area contributed by atoms with E-state index in [-0.39, 0.29) is 5.56 Å². The Morgan fingerprint density at radius 2 is 1.91 bits per heavy atom. The summed E-state index contributed by atoms with van der Waals surface area (Å²) in [5, 5.41) is 10.6. The second kappa shape index (κ2) is 8.28. The molecule has 6 nitrogen and oxygen atoms in total. The van der Waals surface area contributed by atoms with Gasteiger partial charge < -0.3 is 14.9 Å². The Balaban J connectivity index is 1.34. The van der Waals surface area contributed by atoms with Gasteiger partial charge in [0.2, 0.25) is 0 Å². The average molecular weight is 453 g/mol. The van der Waals surface area contributed by atoms with Crippen LogP contribution in [0.3, 0.4) is 0 Å². The Labute approximate surface area is 193 Å². The van der Waals surface area contributed by atoms with Crippen LogP contribution in [0.25, 0.3) is 15.9 Å². The predicted octanol–water partition coefficient (Wildman–Crippen LogP) is 3.68. The molecule has 2 aromatic heterocycles. The van der Waals surface area contributed by atoms with Crippen molar-refractivity contribution in [2.75, 3.05) is 32.1 Å². The Morgan fingerprint density at radius 1 is 1.19 bits per heavy atom. The summed E-state index contributed by atoms with van der Waals surface area (Å²) < 4.78 is 2.32. The third-order valence-electron chi connectivity index (χ3n) is 7.21. The Bertz CT molecular complexity index is 1160. The molecule has 0 bridgehead atoms. The third kappa shape index (κ3) is 4.21. The number of hydrogen-bond acceptors (Lipinski definition) is 6. The van der Waals surface area contributed by atoms with Crippen LogP contribution in [-0.2, 0) is 6.42 Å². The summed E-state index contributed by atoms with van der Waals surface area (Å²) in [5.41, 5.74) is 2.15. The van der Waals surface area contributed by atoms with Gasteiger partial charge >= 0.3 is 0 Å². The minimum atomic E-state index is -0.604. The zero-order chi connectivity index (χ0) is 22.5. The number of aliphatic hydroxyl groups is 1. The van der Waals surface area contributed by atoms with Gasteiger partial charge in [-0.1, -0.05) is 0 Å². The van der Waals surface area contributed by atoms with Gasteiger partial charge in [0.25, 0.3) is 5.56 Å². The number of likely N-dealkylation sites (N-methyl/N-ethyl adjacent to an activating group) is 1. The first-order valence-corrected chi connectivity index (χ1v) is 12.4. The fraction of sp³-hybridized carbons (Fsp3) is 0.520. The van der Waals surface area contributed by atoms with Crippen molar-refractivity contribution in [1.29, 1.82) is 0 Å². The van der Waals surface area contributed by atoms with Crippen LogP contribution in [0.4, 0.5) is 5.69 Å². The highest BCUT2D eigenvalue weighted by molar-refractivity contribution is 7.18. The van der Waals surface area contributed by atoms with Gasteiger partial charge in [0.05, 0.1) is 16.8 Å². The third-order valence-corrected chi connectivity index (χ3v) is 8.38. The number of hydrogen-bond donors (Lipinski definition) is 1. The summed E-state index contributed by atoms with van der Waals surface area (Å²) >= 11 is 1.51. The molecule has 2 atom stereocenters. The molecule has 0 radical (unpaired) electrons. The molecule has 0 amide bonds. The zero-order valence-electron chi connectivity index (χ0n) is 19.1. The molecule has 2 aliphatic rings. The van der Waals surface area contributed by atoms with Crippen LogP contribution in [0.1, 0.15) is 37.5 Å². The van der Waals surface area contributed by atoms with E-state index >= 15 is 0 Å². The normalized spacial score (nSPS) is 20.9. The van der Waals surface area contributed by atoms with Crippen LogP contribution in [-0.4, -0.2) is 58.4 Å². The lowest BCUT2D eigenvalue weighted by molar-refractivity contribution is 0.0286. The van der Waals surface area contributed by atoms with Crippen molar-refractivity contribution in [2.24, 2.45) is 5.92 Å². The maximum Gasteiger partial charge on any atom is 0.275 e. The molecule has 1 saturated heterocycles. The maximum absolute atomic E-state index is 13.2. The first-order chi connectivity index (χ1) is 15.3. The van der Waals surface area contributed by atoms with E-state index in [1.165, 1.54) is 23.4 Å². The molecule has 1 saturated carbocycles. The SMILES string of the molecule is CN(C)[C@@H]1CCN(c2ccc(-n3cnc4cc(CCC(C)(O)C5CC5)sc4c3=O)cc2)C1. The van der Waals surface area contributed by atoms with Crippen LogP contribution in [0, 0.1) is 5.92 Å². The van der Waals surface area contributed by atoms with Gasteiger partial charge in [0.15, 0.2) is 0 Å². The lowest BCUT2D eigenvalue weighted by atomic mass is 9.94. The number of nitrogens with zero attached hydrogens (tertiary/aromatic N) is 4. The Hall–Kier alpha value is -2.22. The first kappa shape index (κ1) is 21.6. The van der Waals surface area contributed by atoms with E-state index in [1.54, 1.807) is 10.9 Å². The molecule has 7 heteroatoms. The van der Waals surface area contributed by atoms with Gasteiger partial charge in [-0.3, -0.25) is 9.36 Å². The molecule has 3 aromatic rings. The lowest BCUT2D eigenvalue weighted by Crippen LogP contribution is -2.31. The van der Waals surface area contributed by atoms with E-state index in [0.29, 0.717) is 16.7 Å². The maximum atomic E-state index is 13.2. The van der Waals surface area contributed by atoms with Gasteiger partial charge in [-0.25, -0.2) is 4.98 Å². The van der Waals surface area contributed by atoms with Crippen LogP contribution < -0.4 is 10.5 Å². The largest absolute Gasteiger partial charge is 0.390 e. The summed E-state index contributed by atoms with van der Waals surface area (Å²) in [6, 6.07) is 10.8. The highest BCUT2D eigenvalue weighted by Crippen LogP contribution is 2.42. The second-order valence-electron chi connectivity index (χ2n) is 9.85. The molecule has 1 aromatic carbocycles. The first-order valence-electron chi connectivity index (χ1n) is 11.6. The van der Waals surface area contributed by atoms with Crippen molar-refractivity contribution in [3.8, 4) is 5.69 Å². The summed E-state index contributed by atoms with van der Waals surface area (Å²) in [4.78, 5) is 23.6. The van der Waals surface area contributed by atoms with Crippen molar-refractivity contribution in [3.63, 3.8) is 0 Å². The quantitative estimate of drug-likeness (QED) is 0.593. The number of aryl methyl sites for hydroxylation is 1. The monoisotopic (exact) mass is 452 g/mol. The number of anilines is 1. The van der Waals surface area contributed by atoms with E-state index in [4.69, 9.17) is 0 Å². The summed E-state index contributed by atoms with van der Waals surface area (Å²) in [5.74, 6) is 0.435. The standard InChI is InChI=1S/C25H32N4O2S/c1-25(31,17-4-5-17)12-10-21-14-22-23(32-21)24(30)29(16-26-22)19-8-6-18(7-9-19)28-13-11-20(15-28)27(2)3/h6-9,14,16-17,20,31H,4-5,10-13,15H2,1-3H3/t20-,25?/m1/s1. The highest BCUT2D eigenvalue weighted by Gasteiger charge is 2.39. The smallest absolute Gasteiger partial charge is 0.275 e. The van der Waals surface area contributed by atoms with Crippen molar-refractivity contribution in [3.05, 3.63) is 51.9 Å². The van der Waals surface area contributed by atoms with Gasteiger partial charge in [0, 0.05) is 29.7 Å². The topological polar surface area (TPSA) is 61.6 Å². The summed E-state index contributed by atoms with van der Waals surface area (Å²) in [6.45, 7) is 4.03. The van der Waals surface area contributed by atoms with Crippen LogP contribution in [0.2, 0.25) is 0 Å². The fourth-order valence-electron chi connectivity index (χ4n) is 4.78. The fourth-order valence-corrected chi connectivity index (χ4v) is 5.82. The zero-order valence-corrected chi connectivity index (χ0v) is 19.9. The summed E-state index contributed by atoms with van der Waals surface area (Å²) in [7, 11) is 4.27. The molecule has 2 fully saturated rings. The number of fused-ring (bicyclic) bond motifs is 1. The molecule has 5 rings (SSSR count). The predicted molar refractivity (Wildman–Crippen MR) is 131 cm³/mol. The minimum absolute atomic E-state index is 0.0261. The number of benzene rings is 1. The van der Waals surface area contributed by atoms with Crippen molar-refractivity contribution in [2.45, 2.75) is 50.7 Å². The van der Waals surface area contributed by atoms with E-state index < -0.39 is 5.60 Å². The van der Waals surface area contributed by atoms with E-state index in [1.807, 2.05) is 25.1 Å². The van der Waals surface area contributed by atoms with Gasteiger partial charge in [-0.15, -0.1) is 11.3 Å². The number of aromatic nitrogens is 2. The van der Waals surface area contributed by atoms with E-state index in [9.17, 15) is 9.90 Å². The van der Waals surface area contributed by atoms with Crippen LogP contribution >= 0.6 is 11.3 Å². The Kier molecular flexibility index (Phi) is 5.60. The van der Waals surface area contributed by atoms with Crippen molar-refractivity contribution < 1.29 is 5.11 Å². The van der Waals surface area contributed by atoms with Gasteiger partial charge in [-0.2, -0.15) is 0 Å². The number of rotatable bonds is 7. The van der Waals surface area contributed by atoms with Gasteiger partial charge in [0.1, 0.15) is 11.0 Å². The molecule has 1 N–H and O–H groups in total. The van der Waals surface area contributed by atoms with Crippen molar-refractivity contribution in [1.82, 2.24) is 14.5 Å². The molecular formula is C25H32N4O2S. The molecule has 1 unspecified atom stereocenters. The molecule has 32 heavy (non-hydrogen) atoms. The minimum Gasteiger partial charge on any atom is -0.390 e. The second-order valence-corrected chi connectivity index (χ2v) is 11.0. The van der Waals surface area contributed by atoms with Crippen LogP contribution in [0.15, 0.2) is 41.5 Å². The molecule has 0 spiro atoms. The molecule has 170 valence electrons. The highest BCUT2D eigenvalue weighted by atomic mass is 32.1. The summed E-state index contributed by atoms with van der Waals surface area (Å²) in [6.07, 6.45) is 6.56.